The van der Waals surface area contributed by atoms with Gasteiger partial charge in [-0.25, -0.2) is 8.78 Å². The van der Waals surface area contributed by atoms with Crippen molar-refractivity contribution in [3.8, 4) is 11.3 Å². The topological polar surface area (TPSA) is 67.5 Å². The first-order valence-electron chi connectivity index (χ1n) is 9.00. The fraction of sp³-hybridized carbons (Fsp3) is 0.238. The number of ether oxygens (including phenoxy) is 2. The second-order valence-corrected chi connectivity index (χ2v) is 6.65. The van der Waals surface area contributed by atoms with Crippen molar-refractivity contribution < 1.29 is 23.0 Å². The highest BCUT2D eigenvalue weighted by molar-refractivity contribution is 6.00. The highest BCUT2D eigenvalue weighted by Gasteiger charge is 2.44. The number of H-pyrrole nitrogens is 1. The number of methoxy groups -OCH3 is 2. The van der Waals surface area contributed by atoms with Gasteiger partial charge in [0.2, 0.25) is 0 Å². The van der Waals surface area contributed by atoms with Crippen LogP contribution in [0.25, 0.3) is 11.3 Å². The number of benzene rings is 2. The van der Waals surface area contributed by atoms with E-state index in [9.17, 15) is 13.6 Å². The molecule has 1 N–H and O–H groups in total. The molecule has 4 rings (SSSR count). The number of nitrogens with one attached hydrogen (secondary N) is 1. The van der Waals surface area contributed by atoms with Gasteiger partial charge >= 0.3 is 0 Å². The Morgan fingerprint density at radius 1 is 1.10 bits per heavy atom. The number of rotatable bonds is 6. The lowest BCUT2D eigenvalue weighted by molar-refractivity contribution is -0.113. The van der Waals surface area contributed by atoms with Crippen LogP contribution >= 0.6 is 0 Å². The molecule has 6 nitrogen and oxygen atoms in total. The summed E-state index contributed by atoms with van der Waals surface area (Å²) in [4.78, 5) is 14.6. The molecule has 1 aromatic heterocycles. The van der Waals surface area contributed by atoms with Crippen molar-refractivity contribution in [2.45, 2.75) is 12.3 Å². The molecule has 3 aromatic rings. The van der Waals surface area contributed by atoms with Crippen LogP contribution in [0.15, 0.2) is 48.5 Å². The van der Waals surface area contributed by atoms with Crippen molar-refractivity contribution in [1.82, 2.24) is 15.1 Å². The zero-order valence-corrected chi connectivity index (χ0v) is 15.9. The molecule has 2 heterocycles. The van der Waals surface area contributed by atoms with E-state index >= 15 is 0 Å². The Kier molecular flexibility index (Phi) is 5.12. The van der Waals surface area contributed by atoms with Crippen LogP contribution in [0.3, 0.4) is 0 Å². The Balaban J connectivity index is 1.87. The fourth-order valence-corrected chi connectivity index (χ4v) is 3.64. The zero-order valence-electron chi connectivity index (χ0n) is 15.9. The number of carbonyl (C=O) groups excluding carboxylic acids is 1. The highest BCUT2D eigenvalue weighted by Crippen LogP contribution is 2.43. The predicted octanol–water partition coefficient (Wildman–Crippen LogP) is 3.52. The normalized spacial score (nSPS) is 16.0. The monoisotopic (exact) mass is 399 g/mol. The molecule has 150 valence electrons. The molecule has 1 unspecified atom stereocenters. The first kappa shape index (κ1) is 19.2. The number of hydrogen-bond donors (Lipinski definition) is 1. The van der Waals surface area contributed by atoms with E-state index in [0.717, 1.165) is 0 Å². The molecule has 0 bridgehead atoms. The molecule has 1 aliphatic rings. The van der Waals surface area contributed by atoms with Crippen LogP contribution in [0.1, 0.15) is 27.7 Å². The quantitative estimate of drug-likeness (QED) is 0.644. The first-order chi connectivity index (χ1) is 14.0. The van der Waals surface area contributed by atoms with E-state index in [2.05, 4.69) is 10.2 Å². The molecule has 1 amide bonds. The van der Waals surface area contributed by atoms with Gasteiger partial charge in [0, 0.05) is 30.9 Å². The van der Waals surface area contributed by atoms with Gasteiger partial charge in [-0.1, -0.05) is 18.2 Å². The molecule has 0 fully saturated rings. The molecule has 2 aromatic carbocycles. The minimum absolute atomic E-state index is 0.0935. The molecule has 0 aliphatic carbocycles. The second kappa shape index (κ2) is 7.73. The number of aromatic amines is 1. The van der Waals surface area contributed by atoms with Crippen LogP contribution in [0.2, 0.25) is 0 Å². The third-order valence-corrected chi connectivity index (χ3v) is 5.05. The van der Waals surface area contributed by atoms with Crippen molar-refractivity contribution in [2.24, 2.45) is 0 Å². The van der Waals surface area contributed by atoms with Gasteiger partial charge in [0.15, 0.2) is 6.29 Å². The summed E-state index contributed by atoms with van der Waals surface area (Å²) in [6.45, 7) is 0.0935. The van der Waals surface area contributed by atoms with Gasteiger partial charge in [-0.15, -0.1) is 0 Å². The molecule has 29 heavy (non-hydrogen) atoms. The highest BCUT2D eigenvalue weighted by atomic mass is 19.1. The first-order valence-corrected chi connectivity index (χ1v) is 9.00. The Labute approximate surface area is 166 Å². The van der Waals surface area contributed by atoms with Gasteiger partial charge in [-0.05, 0) is 30.3 Å². The van der Waals surface area contributed by atoms with Crippen molar-refractivity contribution in [3.05, 3.63) is 77.0 Å². The SMILES string of the molecule is COC(CN1C(=O)c2[nH]nc(-c3ccc(F)cc3)c2C1c1ccccc1F)OC. The number of amides is 1. The van der Waals surface area contributed by atoms with Crippen LogP contribution in [-0.4, -0.2) is 48.1 Å². The fourth-order valence-electron chi connectivity index (χ4n) is 3.64. The van der Waals surface area contributed by atoms with Gasteiger partial charge in [-0.3, -0.25) is 9.89 Å². The van der Waals surface area contributed by atoms with E-state index in [1.807, 2.05) is 0 Å². The summed E-state index contributed by atoms with van der Waals surface area (Å²) in [7, 11) is 2.94. The zero-order chi connectivity index (χ0) is 20.5. The van der Waals surface area contributed by atoms with E-state index in [1.165, 1.54) is 37.3 Å². The molecule has 0 saturated heterocycles. The Hall–Kier alpha value is -3.10. The third-order valence-electron chi connectivity index (χ3n) is 5.05. The number of hydrogen-bond acceptors (Lipinski definition) is 4. The number of aromatic nitrogens is 2. The number of carbonyl (C=O) groups is 1. The standard InChI is InChI=1S/C21H19F2N3O3/c1-28-16(29-2)11-26-20(14-5-3-4-6-15(14)23)17-18(24-25-19(17)21(26)27)12-7-9-13(22)10-8-12/h3-10,16,20H,11H2,1-2H3,(H,24,25). The van der Waals surface area contributed by atoms with Gasteiger partial charge in [0.25, 0.3) is 5.91 Å². The molecule has 1 aliphatic heterocycles. The molecule has 0 saturated carbocycles. The molecule has 0 radical (unpaired) electrons. The maximum atomic E-state index is 14.7. The maximum absolute atomic E-state index is 14.7. The van der Waals surface area contributed by atoms with Gasteiger partial charge in [-0.2, -0.15) is 5.10 Å². The molecule has 8 heteroatoms. The maximum Gasteiger partial charge on any atom is 0.273 e. The number of fused-ring (bicyclic) bond motifs is 1. The number of halogens is 2. The van der Waals surface area contributed by atoms with Crippen LogP contribution in [0.5, 0.6) is 0 Å². The largest absolute Gasteiger partial charge is 0.354 e. The number of nitrogens with zero attached hydrogens (tertiary/aromatic N) is 2. The smallest absolute Gasteiger partial charge is 0.273 e. The van der Waals surface area contributed by atoms with Crippen LogP contribution in [0.4, 0.5) is 8.78 Å². The minimum Gasteiger partial charge on any atom is -0.354 e. The van der Waals surface area contributed by atoms with Crippen molar-refractivity contribution in [1.29, 1.82) is 0 Å². The summed E-state index contributed by atoms with van der Waals surface area (Å²) in [5.74, 6) is -1.17. The summed E-state index contributed by atoms with van der Waals surface area (Å²) in [5.41, 5.74) is 2.22. The van der Waals surface area contributed by atoms with Crippen LogP contribution < -0.4 is 0 Å². The minimum atomic E-state index is -0.731. The van der Waals surface area contributed by atoms with E-state index in [0.29, 0.717) is 22.4 Å². The van der Waals surface area contributed by atoms with Crippen LogP contribution in [0, 0.1) is 11.6 Å². The predicted molar refractivity (Wildman–Crippen MR) is 101 cm³/mol. The lowest BCUT2D eigenvalue weighted by Crippen LogP contribution is -2.38. The molecular formula is C21H19F2N3O3. The Morgan fingerprint density at radius 3 is 2.45 bits per heavy atom. The average molecular weight is 399 g/mol. The summed E-state index contributed by atoms with van der Waals surface area (Å²) in [5, 5.41) is 7.04. The van der Waals surface area contributed by atoms with E-state index in [-0.39, 0.29) is 24.0 Å². The lowest BCUT2D eigenvalue weighted by Gasteiger charge is -2.29. The van der Waals surface area contributed by atoms with Crippen molar-refractivity contribution in [2.75, 3.05) is 20.8 Å². The van der Waals surface area contributed by atoms with Gasteiger partial charge < -0.3 is 14.4 Å². The lowest BCUT2D eigenvalue weighted by atomic mass is 9.95. The van der Waals surface area contributed by atoms with Crippen molar-refractivity contribution in [3.63, 3.8) is 0 Å². The Morgan fingerprint density at radius 2 is 1.79 bits per heavy atom. The Bertz CT molecular complexity index is 1030. The van der Waals surface area contributed by atoms with Gasteiger partial charge in [0.1, 0.15) is 17.3 Å². The summed E-state index contributed by atoms with van der Waals surface area (Å²) >= 11 is 0. The van der Waals surface area contributed by atoms with E-state index in [4.69, 9.17) is 9.47 Å². The summed E-state index contributed by atoms with van der Waals surface area (Å²) in [6.07, 6.45) is -0.681. The molecule has 1 atom stereocenters. The second-order valence-electron chi connectivity index (χ2n) is 6.65. The molecule has 0 spiro atoms. The summed E-state index contributed by atoms with van der Waals surface area (Å²) in [6, 6.07) is 11.3. The van der Waals surface area contributed by atoms with Crippen LogP contribution in [-0.2, 0) is 9.47 Å². The van der Waals surface area contributed by atoms with Crippen molar-refractivity contribution >= 4 is 5.91 Å². The van der Waals surface area contributed by atoms with Gasteiger partial charge in [0.05, 0.1) is 18.3 Å². The van der Waals surface area contributed by atoms with E-state index < -0.39 is 18.1 Å². The molecular weight excluding hydrogens is 380 g/mol. The summed E-state index contributed by atoms with van der Waals surface area (Å²) < 4.78 is 38.6. The third kappa shape index (κ3) is 3.30. The average Bonchev–Trinajstić information content (AvgIpc) is 3.27. The van der Waals surface area contributed by atoms with E-state index in [1.54, 1.807) is 30.3 Å².